The summed E-state index contributed by atoms with van der Waals surface area (Å²) in [4.78, 5) is 17.0. The first-order chi connectivity index (χ1) is 14.8. The van der Waals surface area contributed by atoms with Gasteiger partial charge in [-0.1, -0.05) is 46.9 Å². The van der Waals surface area contributed by atoms with E-state index in [2.05, 4.69) is 63.2 Å². The molecule has 4 heterocycles. The molecule has 2 aromatic carbocycles. The van der Waals surface area contributed by atoms with Gasteiger partial charge in [0.1, 0.15) is 0 Å². The molecule has 2 aliphatic heterocycles. The fourth-order valence-electron chi connectivity index (χ4n) is 4.25. The maximum atomic E-state index is 5.93. The SMILES string of the molecule is c1ccc2sc(N3CN(C[C@@H]4CCCO4)CN(c4nc5ccccc5s4)C3)nc2c1. The van der Waals surface area contributed by atoms with Gasteiger partial charge in [0.15, 0.2) is 10.3 Å². The predicted molar refractivity (Wildman–Crippen MR) is 124 cm³/mol. The number of ether oxygens (including phenoxy) is 1. The van der Waals surface area contributed by atoms with Gasteiger partial charge in [0.05, 0.1) is 46.5 Å². The molecule has 6 nitrogen and oxygen atoms in total. The summed E-state index contributed by atoms with van der Waals surface area (Å²) in [7, 11) is 0. The molecule has 2 fully saturated rings. The fourth-order valence-corrected chi connectivity index (χ4v) is 6.15. The number of thiazole rings is 2. The van der Waals surface area contributed by atoms with Crippen LogP contribution >= 0.6 is 22.7 Å². The summed E-state index contributed by atoms with van der Waals surface area (Å²) in [6.45, 7) is 4.36. The Morgan fingerprint density at radius 3 is 1.97 bits per heavy atom. The molecule has 0 spiro atoms. The van der Waals surface area contributed by atoms with Crippen LogP contribution in [0.15, 0.2) is 48.5 Å². The van der Waals surface area contributed by atoms with E-state index in [9.17, 15) is 0 Å². The lowest BCUT2D eigenvalue weighted by Crippen LogP contribution is -2.56. The number of nitrogens with zero attached hydrogens (tertiary/aromatic N) is 5. The average molecular weight is 438 g/mol. The third-order valence-corrected chi connectivity index (χ3v) is 7.87. The molecule has 0 saturated carbocycles. The number of hydrogen-bond acceptors (Lipinski definition) is 8. The lowest BCUT2D eigenvalue weighted by molar-refractivity contribution is 0.0689. The fraction of sp³-hybridized carbons (Fsp3) is 0.364. The highest BCUT2D eigenvalue weighted by atomic mass is 32.1. The Bertz CT molecular complexity index is 1020. The zero-order valence-electron chi connectivity index (χ0n) is 16.6. The zero-order valence-corrected chi connectivity index (χ0v) is 18.2. The number of hydrogen-bond donors (Lipinski definition) is 0. The van der Waals surface area contributed by atoms with E-state index in [0.29, 0.717) is 6.10 Å². The normalized spacial score (nSPS) is 20.6. The van der Waals surface area contributed by atoms with Crippen LogP contribution in [-0.4, -0.2) is 54.1 Å². The van der Waals surface area contributed by atoms with E-state index in [1.54, 1.807) is 22.7 Å². The van der Waals surface area contributed by atoms with Crippen LogP contribution in [0.5, 0.6) is 0 Å². The monoisotopic (exact) mass is 437 g/mol. The molecule has 0 aliphatic carbocycles. The standard InChI is InChI=1S/C22H23N5OS2/c1-3-9-19-17(7-1)23-21(29-19)26-13-25(12-16-6-5-11-28-16)14-27(15-26)22-24-18-8-2-4-10-20(18)30-22/h1-4,7-10,16H,5-6,11-15H2/t16-/m0/s1. The Morgan fingerprint density at radius 1 is 0.833 bits per heavy atom. The minimum atomic E-state index is 0.331. The Hall–Kier alpha value is -2.26. The minimum Gasteiger partial charge on any atom is -0.377 e. The maximum Gasteiger partial charge on any atom is 0.188 e. The number of para-hydroxylation sites is 2. The van der Waals surface area contributed by atoms with Crippen LogP contribution in [0.4, 0.5) is 10.3 Å². The molecule has 2 saturated heterocycles. The predicted octanol–water partition coefficient (Wildman–Crippen LogP) is 4.59. The van der Waals surface area contributed by atoms with Crippen LogP contribution < -0.4 is 9.80 Å². The summed E-state index contributed by atoms with van der Waals surface area (Å²) in [6.07, 6.45) is 2.65. The molecule has 30 heavy (non-hydrogen) atoms. The van der Waals surface area contributed by atoms with Crippen molar-refractivity contribution in [3.8, 4) is 0 Å². The first-order valence-corrected chi connectivity index (χ1v) is 12.0. The van der Waals surface area contributed by atoms with Crippen LogP contribution in [0.3, 0.4) is 0 Å². The molecule has 0 radical (unpaired) electrons. The third kappa shape index (κ3) is 3.54. The number of benzene rings is 2. The Morgan fingerprint density at radius 2 is 1.43 bits per heavy atom. The first-order valence-electron chi connectivity index (χ1n) is 10.4. The second-order valence-electron chi connectivity index (χ2n) is 7.92. The van der Waals surface area contributed by atoms with Crippen molar-refractivity contribution in [3.63, 3.8) is 0 Å². The summed E-state index contributed by atoms with van der Waals surface area (Å²) in [5.41, 5.74) is 2.14. The van der Waals surface area contributed by atoms with E-state index in [4.69, 9.17) is 14.7 Å². The average Bonchev–Trinajstić information content (AvgIpc) is 3.52. The van der Waals surface area contributed by atoms with Gasteiger partial charge in [-0.05, 0) is 37.1 Å². The van der Waals surface area contributed by atoms with Gasteiger partial charge in [0.25, 0.3) is 0 Å². The van der Waals surface area contributed by atoms with Crippen LogP contribution in [0.1, 0.15) is 12.8 Å². The van der Waals surface area contributed by atoms with Gasteiger partial charge in [-0.25, -0.2) is 9.97 Å². The van der Waals surface area contributed by atoms with Crippen molar-refractivity contribution in [1.29, 1.82) is 0 Å². The van der Waals surface area contributed by atoms with Crippen molar-refractivity contribution in [1.82, 2.24) is 14.9 Å². The molecule has 0 amide bonds. The molecule has 8 heteroatoms. The van der Waals surface area contributed by atoms with E-state index >= 15 is 0 Å². The van der Waals surface area contributed by atoms with Gasteiger partial charge in [0, 0.05) is 13.2 Å². The maximum absolute atomic E-state index is 5.93. The van der Waals surface area contributed by atoms with Gasteiger partial charge in [-0.15, -0.1) is 0 Å². The molecule has 2 aliphatic rings. The quantitative estimate of drug-likeness (QED) is 0.465. The lowest BCUT2D eigenvalue weighted by Gasteiger charge is -2.42. The Balaban J connectivity index is 1.32. The third-order valence-electron chi connectivity index (χ3n) is 5.67. The van der Waals surface area contributed by atoms with Crippen molar-refractivity contribution in [2.24, 2.45) is 0 Å². The van der Waals surface area contributed by atoms with E-state index in [1.165, 1.54) is 15.8 Å². The van der Waals surface area contributed by atoms with Gasteiger partial charge < -0.3 is 14.5 Å². The van der Waals surface area contributed by atoms with Crippen molar-refractivity contribution < 1.29 is 4.74 Å². The Labute approximate surface area is 183 Å². The van der Waals surface area contributed by atoms with Crippen LogP contribution in [0.25, 0.3) is 20.4 Å². The van der Waals surface area contributed by atoms with Crippen LogP contribution in [0, 0.1) is 0 Å². The number of rotatable bonds is 4. The summed E-state index contributed by atoms with van der Waals surface area (Å²) in [6, 6.07) is 16.8. The molecule has 4 aromatic rings. The molecule has 0 N–H and O–H groups in total. The first kappa shape index (κ1) is 18.5. The molecule has 154 valence electrons. The number of anilines is 2. The molecule has 0 bridgehead atoms. The summed E-state index contributed by atoms with van der Waals surface area (Å²) < 4.78 is 8.39. The van der Waals surface area contributed by atoms with Gasteiger partial charge in [-0.2, -0.15) is 0 Å². The van der Waals surface area contributed by atoms with E-state index in [-0.39, 0.29) is 0 Å². The molecular formula is C22H23N5OS2. The van der Waals surface area contributed by atoms with Gasteiger partial charge in [0.2, 0.25) is 0 Å². The summed E-state index contributed by atoms with van der Waals surface area (Å²) >= 11 is 3.53. The molecular weight excluding hydrogens is 414 g/mol. The van der Waals surface area contributed by atoms with E-state index < -0.39 is 0 Å². The molecule has 1 atom stereocenters. The molecule has 0 unspecified atom stereocenters. The number of fused-ring (bicyclic) bond motifs is 2. The number of aromatic nitrogens is 2. The van der Waals surface area contributed by atoms with Crippen molar-refractivity contribution in [3.05, 3.63) is 48.5 Å². The van der Waals surface area contributed by atoms with Gasteiger partial charge in [-0.3, -0.25) is 4.90 Å². The highest BCUT2D eigenvalue weighted by Crippen LogP contribution is 2.34. The van der Waals surface area contributed by atoms with Crippen molar-refractivity contribution in [2.45, 2.75) is 18.9 Å². The molecule has 2 aromatic heterocycles. The lowest BCUT2D eigenvalue weighted by atomic mass is 10.2. The van der Waals surface area contributed by atoms with E-state index in [0.717, 1.165) is 60.9 Å². The van der Waals surface area contributed by atoms with Crippen molar-refractivity contribution >= 4 is 53.4 Å². The van der Waals surface area contributed by atoms with Crippen LogP contribution in [-0.2, 0) is 4.74 Å². The zero-order chi connectivity index (χ0) is 19.9. The second-order valence-corrected chi connectivity index (χ2v) is 9.94. The minimum absolute atomic E-state index is 0.331. The largest absolute Gasteiger partial charge is 0.377 e. The van der Waals surface area contributed by atoms with E-state index in [1.807, 2.05) is 0 Å². The topological polar surface area (TPSA) is 44.7 Å². The smallest absolute Gasteiger partial charge is 0.188 e. The van der Waals surface area contributed by atoms with Crippen LogP contribution in [0.2, 0.25) is 0 Å². The van der Waals surface area contributed by atoms with Gasteiger partial charge >= 0.3 is 0 Å². The summed E-state index contributed by atoms with van der Waals surface area (Å²) in [5.74, 6) is 0. The highest BCUT2D eigenvalue weighted by Gasteiger charge is 2.30. The second kappa shape index (κ2) is 7.77. The highest BCUT2D eigenvalue weighted by molar-refractivity contribution is 7.22. The summed E-state index contributed by atoms with van der Waals surface area (Å²) in [5, 5.41) is 2.14. The van der Waals surface area contributed by atoms with Crippen molar-refractivity contribution in [2.75, 3.05) is 43.0 Å². The Kier molecular flexibility index (Phi) is 4.79. The molecule has 6 rings (SSSR count).